The Balaban J connectivity index is 1.47. The van der Waals surface area contributed by atoms with Crippen LogP contribution in [0.3, 0.4) is 0 Å². The molecule has 2 N–H and O–H groups in total. The zero-order valence-electron chi connectivity index (χ0n) is 19.7. The van der Waals surface area contributed by atoms with Gasteiger partial charge in [-0.2, -0.15) is 0 Å². The fourth-order valence-electron chi connectivity index (χ4n) is 8.67. The molecule has 0 radical (unpaired) electrons. The highest BCUT2D eigenvalue weighted by molar-refractivity contribution is 5.25. The average molecular weight is 403 g/mol. The minimum absolute atomic E-state index is 0.0969. The highest BCUT2D eigenvalue weighted by Gasteiger charge is 2.59. The van der Waals surface area contributed by atoms with E-state index in [0.717, 1.165) is 55.3 Å². The molecule has 0 aromatic carbocycles. The SMILES string of the molecule is C[C@H](CCCC(C)(C)O)[C@@H]1CC[C@H]2[C@@H]3CC=C4C[C@@H](O)CC[C@]4(C)[C@H]3CC[C@@]21C. The van der Waals surface area contributed by atoms with Gasteiger partial charge in [-0.15, -0.1) is 0 Å². The van der Waals surface area contributed by atoms with Gasteiger partial charge in [-0.25, -0.2) is 0 Å². The lowest BCUT2D eigenvalue weighted by molar-refractivity contribution is -0.0575. The number of hydrogen-bond donors (Lipinski definition) is 2. The summed E-state index contributed by atoms with van der Waals surface area (Å²) in [6.45, 7) is 11.6. The molecule has 0 heterocycles. The molecule has 0 bridgehead atoms. The lowest BCUT2D eigenvalue weighted by Crippen LogP contribution is -2.50. The van der Waals surface area contributed by atoms with E-state index in [-0.39, 0.29) is 6.10 Å². The van der Waals surface area contributed by atoms with E-state index in [9.17, 15) is 10.2 Å². The van der Waals surface area contributed by atoms with Crippen molar-refractivity contribution >= 4 is 0 Å². The average Bonchev–Trinajstić information content (AvgIpc) is 2.98. The summed E-state index contributed by atoms with van der Waals surface area (Å²) in [5, 5.41) is 20.3. The van der Waals surface area contributed by atoms with Gasteiger partial charge in [-0.3, -0.25) is 0 Å². The van der Waals surface area contributed by atoms with Gasteiger partial charge in [0.1, 0.15) is 0 Å². The molecule has 3 saturated carbocycles. The van der Waals surface area contributed by atoms with Crippen molar-refractivity contribution in [2.45, 2.75) is 117 Å². The van der Waals surface area contributed by atoms with Gasteiger partial charge in [0.15, 0.2) is 0 Å². The molecule has 2 heteroatoms. The minimum Gasteiger partial charge on any atom is -0.393 e. The number of aliphatic hydroxyl groups is 2. The van der Waals surface area contributed by atoms with E-state index in [4.69, 9.17) is 0 Å². The second-order valence-electron chi connectivity index (χ2n) is 12.6. The number of aliphatic hydroxyl groups excluding tert-OH is 1. The maximum atomic E-state index is 10.2. The Hall–Kier alpha value is -0.340. The van der Waals surface area contributed by atoms with Crippen molar-refractivity contribution in [3.8, 4) is 0 Å². The van der Waals surface area contributed by atoms with E-state index in [1.165, 1.54) is 44.9 Å². The smallest absolute Gasteiger partial charge is 0.0591 e. The van der Waals surface area contributed by atoms with Gasteiger partial charge >= 0.3 is 0 Å². The largest absolute Gasteiger partial charge is 0.393 e. The first-order valence-corrected chi connectivity index (χ1v) is 12.6. The van der Waals surface area contributed by atoms with Gasteiger partial charge in [0.2, 0.25) is 0 Å². The fraction of sp³-hybridized carbons (Fsp3) is 0.926. The summed E-state index contributed by atoms with van der Waals surface area (Å²) in [6.07, 6.45) is 15.9. The van der Waals surface area contributed by atoms with E-state index in [1.807, 2.05) is 13.8 Å². The summed E-state index contributed by atoms with van der Waals surface area (Å²) in [5.74, 6) is 4.24. The topological polar surface area (TPSA) is 40.5 Å². The Morgan fingerprint density at radius 3 is 2.59 bits per heavy atom. The van der Waals surface area contributed by atoms with Gasteiger partial charge in [0, 0.05) is 0 Å². The van der Waals surface area contributed by atoms with Crippen molar-refractivity contribution in [1.29, 1.82) is 0 Å². The monoisotopic (exact) mass is 402 g/mol. The highest BCUT2D eigenvalue weighted by atomic mass is 16.3. The Kier molecular flexibility index (Phi) is 5.78. The molecule has 0 unspecified atom stereocenters. The van der Waals surface area contributed by atoms with E-state index in [1.54, 1.807) is 5.57 Å². The maximum Gasteiger partial charge on any atom is 0.0591 e. The first-order valence-electron chi connectivity index (χ1n) is 12.6. The third-order valence-corrected chi connectivity index (χ3v) is 10.3. The van der Waals surface area contributed by atoms with E-state index < -0.39 is 5.60 Å². The molecule has 0 aromatic heterocycles. The van der Waals surface area contributed by atoms with Crippen LogP contribution in [0.1, 0.15) is 105 Å². The number of rotatable bonds is 5. The molecule has 8 atom stereocenters. The number of allylic oxidation sites excluding steroid dienone is 1. The van der Waals surface area contributed by atoms with Crippen LogP contribution in [0.15, 0.2) is 11.6 Å². The second kappa shape index (κ2) is 7.66. The molecule has 0 amide bonds. The van der Waals surface area contributed by atoms with Gasteiger partial charge in [0.05, 0.1) is 11.7 Å². The third-order valence-electron chi connectivity index (χ3n) is 10.3. The van der Waals surface area contributed by atoms with Crippen molar-refractivity contribution in [2.24, 2.45) is 40.4 Å². The molecular weight excluding hydrogens is 356 g/mol. The Labute approximate surface area is 179 Å². The molecule has 4 aliphatic rings. The molecule has 4 aliphatic carbocycles. The second-order valence-corrected chi connectivity index (χ2v) is 12.6. The molecular formula is C27H46O2. The Morgan fingerprint density at radius 1 is 1.10 bits per heavy atom. The molecule has 0 spiro atoms. The summed E-state index contributed by atoms with van der Waals surface area (Å²) in [5.41, 5.74) is 1.95. The summed E-state index contributed by atoms with van der Waals surface area (Å²) >= 11 is 0. The molecule has 166 valence electrons. The molecule has 0 saturated heterocycles. The van der Waals surface area contributed by atoms with Crippen molar-refractivity contribution in [2.75, 3.05) is 0 Å². The lowest BCUT2D eigenvalue weighted by Gasteiger charge is -2.58. The molecule has 29 heavy (non-hydrogen) atoms. The zero-order valence-corrected chi connectivity index (χ0v) is 19.7. The van der Waals surface area contributed by atoms with Crippen molar-refractivity contribution in [3.63, 3.8) is 0 Å². The van der Waals surface area contributed by atoms with E-state index >= 15 is 0 Å². The Morgan fingerprint density at radius 2 is 1.86 bits per heavy atom. The maximum absolute atomic E-state index is 10.2. The summed E-state index contributed by atoms with van der Waals surface area (Å²) in [6, 6.07) is 0. The van der Waals surface area contributed by atoms with Gasteiger partial charge < -0.3 is 10.2 Å². The van der Waals surface area contributed by atoms with E-state index in [2.05, 4.69) is 26.8 Å². The van der Waals surface area contributed by atoms with Crippen molar-refractivity contribution in [1.82, 2.24) is 0 Å². The highest BCUT2D eigenvalue weighted by Crippen LogP contribution is 2.67. The quantitative estimate of drug-likeness (QED) is 0.515. The predicted octanol–water partition coefficient (Wildman–Crippen LogP) is 6.50. The number of fused-ring (bicyclic) bond motifs is 5. The molecule has 2 nitrogen and oxygen atoms in total. The lowest BCUT2D eigenvalue weighted by atomic mass is 9.47. The van der Waals surface area contributed by atoms with Crippen LogP contribution >= 0.6 is 0 Å². The first-order chi connectivity index (χ1) is 13.5. The van der Waals surface area contributed by atoms with Crippen LogP contribution in [0.25, 0.3) is 0 Å². The summed E-state index contributed by atoms with van der Waals surface area (Å²) in [4.78, 5) is 0. The van der Waals surface area contributed by atoms with Crippen LogP contribution in [-0.4, -0.2) is 21.9 Å². The molecule has 0 aromatic rings. The third kappa shape index (κ3) is 3.86. The summed E-state index contributed by atoms with van der Waals surface area (Å²) in [7, 11) is 0. The van der Waals surface area contributed by atoms with Crippen LogP contribution in [0.5, 0.6) is 0 Å². The van der Waals surface area contributed by atoms with Crippen molar-refractivity contribution < 1.29 is 10.2 Å². The summed E-state index contributed by atoms with van der Waals surface area (Å²) < 4.78 is 0. The van der Waals surface area contributed by atoms with Crippen LogP contribution in [0.4, 0.5) is 0 Å². The number of hydrogen-bond acceptors (Lipinski definition) is 2. The standard InChI is InChI=1S/C27H46O2/c1-18(7-6-14-25(2,3)29)22-10-11-23-21-9-8-19-17-20(28)12-15-26(19,4)24(21)13-16-27(22,23)5/h8,18,20-24,28-29H,6-7,9-17H2,1-5H3/t18-,20+,21+,22+,23+,24+,26+,27-/m1/s1. The van der Waals surface area contributed by atoms with Crippen LogP contribution in [-0.2, 0) is 0 Å². The van der Waals surface area contributed by atoms with Gasteiger partial charge in [-0.05, 0) is 112 Å². The Bertz CT molecular complexity index is 631. The van der Waals surface area contributed by atoms with Crippen LogP contribution in [0, 0.1) is 40.4 Å². The molecule has 0 aliphatic heterocycles. The van der Waals surface area contributed by atoms with Crippen LogP contribution in [0.2, 0.25) is 0 Å². The van der Waals surface area contributed by atoms with Crippen LogP contribution < -0.4 is 0 Å². The molecule has 4 rings (SSSR count). The predicted molar refractivity (Wildman–Crippen MR) is 121 cm³/mol. The van der Waals surface area contributed by atoms with E-state index in [0.29, 0.717) is 10.8 Å². The zero-order chi connectivity index (χ0) is 21.0. The van der Waals surface area contributed by atoms with Gasteiger partial charge in [-0.1, -0.05) is 45.3 Å². The molecule has 3 fully saturated rings. The first kappa shape index (κ1) is 21.9. The fourth-order valence-corrected chi connectivity index (χ4v) is 8.67. The minimum atomic E-state index is -0.519. The van der Waals surface area contributed by atoms with Gasteiger partial charge in [0.25, 0.3) is 0 Å². The normalized spacial score (nSPS) is 45.8. The van der Waals surface area contributed by atoms with Crippen molar-refractivity contribution in [3.05, 3.63) is 11.6 Å².